The summed E-state index contributed by atoms with van der Waals surface area (Å²) in [6.45, 7) is 4.46. The number of carbonyl (C=O) groups excluding carboxylic acids is 1. The molecule has 0 unspecified atom stereocenters. The summed E-state index contributed by atoms with van der Waals surface area (Å²) in [6.07, 6.45) is -0.391. The molecule has 5 heteroatoms. The van der Waals surface area contributed by atoms with Crippen molar-refractivity contribution in [3.8, 4) is 5.75 Å². The third-order valence-electron chi connectivity index (χ3n) is 2.85. The van der Waals surface area contributed by atoms with Gasteiger partial charge in [-0.15, -0.1) is 12.4 Å². The highest BCUT2D eigenvalue weighted by Crippen LogP contribution is 2.36. The van der Waals surface area contributed by atoms with E-state index in [1.807, 2.05) is 26.0 Å². The summed E-state index contributed by atoms with van der Waals surface area (Å²) in [5, 5.41) is 12.0. The van der Waals surface area contributed by atoms with Gasteiger partial charge in [0.15, 0.2) is 0 Å². The van der Waals surface area contributed by atoms with Crippen LogP contribution in [0.1, 0.15) is 25.5 Å². The number of carbonyl (C=O) groups is 1. The Hall–Kier alpha value is -1.42. The molecule has 2 rings (SSSR count). The Labute approximate surface area is 106 Å². The van der Waals surface area contributed by atoms with Crippen molar-refractivity contribution in [1.82, 2.24) is 5.32 Å². The minimum atomic E-state index is -0.391. The molecule has 1 heterocycles. The predicted molar refractivity (Wildman–Crippen MR) is 66.4 cm³/mol. The fourth-order valence-electron chi connectivity index (χ4n) is 1.89. The van der Waals surface area contributed by atoms with Crippen LogP contribution < -0.4 is 5.32 Å². The highest BCUT2D eigenvalue weighted by atomic mass is 35.5. The van der Waals surface area contributed by atoms with E-state index in [2.05, 4.69) is 5.32 Å². The van der Waals surface area contributed by atoms with Crippen LogP contribution in [0.25, 0.3) is 0 Å². The lowest BCUT2D eigenvalue weighted by atomic mass is 9.80. The van der Waals surface area contributed by atoms with Crippen molar-refractivity contribution in [3.63, 3.8) is 0 Å². The standard InChI is InChI=1S/C12H15NO3.ClH/c1-12(2)7-16-11(15)13-10(12)8-3-5-9(14)6-4-8;/h3-6,10,14H,7H2,1-2H3,(H,13,15);1H/t10-;/m0./s1. The summed E-state index contributed by atoms with van der Waals surface area (Å²) < 4.78 is 4.97. The molecule has 1 fully saturated rings. The third kappa shape index (κ3) is 2.82. The fourth-order valence-corrected chi connectivity index (χ4v) is 1.89. The molecule has 0 bridgehead atoms. The first-order valence-corrected chi connectivity index (χ1v) is 5.21. The summed E-state index contributed by atoms with van der Waals surface area (Å²) in [6, 6.07) is 6.77. The molecule has 4 nitrogen and oxygen atoms in total. The number of alkyl carbamates (subject to hydrolysis) is 1. The number of hydrogen-bond acceptors (Lipinski definition) is 3. The van der Waals surface area contributed by atoms with Gasteiger partial charge in [0.2, 0.25) is 0 Å². The number of aromatic hydroxyl groups is 1. The van der Waals surface area contributed by atoms with E-state index in [9.17, 15) is 9.90 Å². The number of amides is 1. The summed E-state index contributed by atoms with van der Waals surface area (Å²) >= 11 is 0. The molecule has 0 radical (unpaired) electrons. The topological polar surface area (TPSA) is 58.6 Å². The largest absolute Gasteiger partial charge is 0.508 e. The van der Waals surface area contributed by atoms with E-state index < -0.39 is 6.09 Å². The fraction of sp³-hybridized carbons (Fsp3) is 0.417. The number of ether oxygens (including phenoxy) is 1. The van der Waals surface area contributed by atoms with E-state index in [1.54, 1.807) is 12.1 Å². The quantitative estimate of drug-likeness (QED) is 0.813. The van der Waals surface area contributed by atoms with Crippen molar-refractivity contribution in [3.05, 3.63) is 29.8 Å². The summed E-state index contributed by atoms with van der Waals surface area (Å²) in [5.74, 6) is 0.222. The lowest BCUT2D eigenvalue weighted by molar-refractivity contribution is 0.0387. The first kappa shape index (κ1) is 13.6. The van der Waals surface area contributed by atoms with Crippen LogP contribution in [0, 0.1) is 5.41 Å². The zero-order valence-corrected chi connectivity index (χ0v) is 10.6. The van der Waals surface area contributed by atoms with Gasteiger partial charge in [0.25, 0.3) is 0 Å². The van der Waals surface area contributed by atoms with Gasteiger partial charge in [0.05, 0.1) is 6.04 Å². The molecule has 0 aromatic heterocycles. The van der Waals surface area contributed by atoms with Crippen LogP contribution in [0.2, 0.25) is 0 Å². The molecule has 94 valence electrons. The van der Waals surface area contributed by atoms with E-state index in [-0.39, 0.29) is 29.6 Å². The molecule has 0 saturated carbocycles. The number of benzene rings is 1. The Morgan fingerprint density at radius 2 is 1.94 bits per heavy atom. The van der Waals surface area contributed by atoms with Gasteiger partial charge in [0, 0.05) is 5.41 Å². The minimum absolute atomic E-state index is 0. The second-order valence-electron chi connectivity index (χ2n) is 4.73. The number of halogens is 1. The molecule has 1 amide bonds. The first-order chi connectivity index (χ1) is 7.49. The highest BCUT2D eigenvalue weighted by Gasteiger charge is 2.37. The number of phenols is 1. The van der Waals surface area contributed by atoms with Crippen LogP contribution in [0.3, 0.4) is 0 Å². The second kappa shape index (κ2) is 4.84. The highest BCUT2D eigenvalue weighted by molar-refractivity contribution is 5.85. The molecule has 1 aliphatic heterocycles. The molecule has 1 aliphatic rings. The monoisotopic (exact) mass is 257 g/mol. The third-order valence-corrected chi connectivity index (χ3v) is 2.85. The van der Waals surface area contributed by atoms with Crippen LogP contribution in [0.5, 0.6) is 5.75 Å². The van der Waals surface area contributed by atoms with Gasteiger partial charge in [-0.25, -0.2) is 4.79 Å². The van der Waals surface area contributed by atoms with Gasteiger partial charge in [0.1, 0.15) is 12.4 Å². The maximum atomic E-state index is 11.2. The average molecular weight is 258 g/mol. The normalized spacial score (nSPS) is 22.0. The van der Waals surface area contributed by atoms with Gasteiger partial charge in [-0.2, -0.15) is 0 Å². The zero-order valence-electron chi connectivity index (χ0n) is 9.77. The van der Waals surface area contributed by atoms with E-state index in [4.69, 9.17) is 4.74 Å². The van der Waals surface area contributed by atoms with Crippen molar-refractivity contribution in [2.45, 2.75) is 19.9 Å². The smallest absolute Gasteiger partial charge is 0.407 e. The van der Waals surface area contributed by atoms with Crippen molar-refractivity contribution >= 4 is 18.5 Å². The molecule has 2 N–H and O–H groups in total. The van der Waals surface area contributed by atoms with Crippen LogP contribution in [-0.4, -0.2) is 17.8 Å². The van der Waals surface area contributed by atoms with Gasteiger partial charge in [-0.3, -0.25) is 0 Å². The van der Waals surface area contributed by atoms with Crippen molar-refractivity contribution < 1.29 is 14.6 Å². The van der Waals surface area contributed by atoms with E-state index in [0.717, 1.165) is 5.56 Å². The number of rotatable bonds is 1. The average Bonchev–Trinajstić information content (AvgIpc) is 2.23. The molecule has 1 atom stereocenters. The van der Waals surface area contributed by atoms with E-state index in [1.165, 1.54) is 0 Å². The van der Waals surface area contributed by atoms with Gasteiger partial charge < -0.3 is 15.2 Å². The van der Waals surface area contributed by atoms with Crippen LogP contribution >= 0.6 is 12.4 Å². The summed E-state index contributed by atoms with van der Waals surface area (Å²) in [7, 11) is 0. The lowest BCUT2D eigenvalue weighted by Gasteiger charge is -2.38. The first-order valence-electron chi connectivity index (χ1n) is 5.21. The molecular formula is C12H16ClNO3. The zero-order chi connectivity index (χ0) is 11.8. The molecule has 1 saturated heterocycles. The molecule has 0 spiro atoms. The number of hydrogen-bond donors (Lipinski definition) is 2. The molecule has 1 aromatic carbocycles. The van der Waals surface area contributed by atoms with Crippen LogP contribution in [-0.2, 0) is 4.74 Å². The van der Waals surface area contributed by atoms with E-state index in [0.29, 0.717) is 6.61 Å². The van der Waals surface area contributed by atoms with E-state index >= 15 is 0 Å². The molecule has 17 heavy (non-hydrogen) atoms. The SMILES string of the molecule is CC1(C)COC(=O)N[C@H]1c1ccc(O)cc1.Cl. The Kier molecular flexibility index (Phi) is 3.88. The molecular weight excluding hydrogens is 242 g/mol. The Balaban J connectivity index is 0.00000144. The lowest BCUT2D eigenvalue weighted by Crippen LogP contribution is -2.46. The second-order valence-corrected chi connectivity index (χ2v) is 4.73. The Morgan fingerprint density at radius 1 is 1.35 bits per heavy atom. The minimum Gasteiger partial charge on any atom is -0.508 e. The van der Waals surface area contributed by atoms with Gasteiger partial charge >= 0.3 is 6.09 Å². The maximum Gasteiger partial charge on any atom is 0.407 e. The number of cyclic esters (lactones) is 1. The van der Waals surface area contributed by atoms with Gasteiger partial charge in [-0.1, -0.05) is 26.0 Å². The molecule has 1 aromatic rings. The number of phenolic OH excluding ortho intramolecular Hbond substituents is 1. The predicted octanol–water partition coefficient (Wildman–Crippen LogP) is 2.62. The maximum absolute atomic E-state index is 11.2. The van der Waals surface area contributed by atoms with Crippen molar-refractivity contribution in [2.24, 2.45) is 5.41 Å². The van der Waals surface area contributed by atoms with Crippen molar-refractivity contribution in [2.75, 3.05) is 6.61 Å². The van der Waals surface area contributed by atoms with Crippen molar-refractivity contribution in [1.29, 1.82) is 0 Å². The summed E-state index contributed by atoms with van der Waals surface area (Å²) in [4.78, 5) is 11.2. The van der Waals surface area contributed by atoms with Crippen LogP contribution in [0.4, 0.5) is 4.79 Å². The Morgan fingerprint density at radius 3 is 2.53 bits per heavy atom. The van der Waals surface area contributed by atoms with Gasteiger partial charge in [-0.05, 0) is 17.7 Å². The number of nitrogens with one attached hydrogen (secondary N) is 1. The summed E-state index contributed by atoms with van der Waals surface area (Å²) in [5.41, 5.74) is 0.810. The Bertz CT molecular complexity index is 403. The molecule has 0 aliphatic carbocycles. The van der Waals surface area contributed by atoms with Crippen LogP contribution in [0.15, 0.2) is 24.3 Å².